The smallest absolute Gasteiger partial charge is 0.266 e. The van der Waals surface area contributed by atoms with E-state index in [1.54, 1.807) is 24.2 Å². The number of likely N-dealkylation sites (tertiary alicyclic amines) is 1. The third kappa shape index (κ3) is 10.4. The second-order valence-corrected chi connectivity index (χ2v) is 21.5. The number of sulfonamides is 1. The fraction of sp³-hybridized carbons (Fsp3) is 0.460. The third-order valence-corrected chi connectivity index (χ3v) is 16.2. The zero-order valence-corrected chi connectivity index (χ0v) is 40.2. The number of aryl methyl sites for hydroxylation is 1. The van der Waals surface area contributed by atoms with Crippen LogP contribution in [0, 0.1) is 5.92 Å². The highest BCUT2D eigenvalue weighted by atomic mass is 32.2. The summed E-state index contributed by atoms with van der Waals surface area (Å²) in [5, 5.41) is 5.63. The number of amides is 5. The molecule has 3 saturated heterocycles. The molecule has 0 spiro atoms. The lowest BCUT2D eigenvalue weighted by molar-refractivity contribution is -0.136. The van der Waals surface area contributed by atoms with E-state index in [2.05, 4.69) is 50.6 Å². The number of imide groups is 2. The van der Waals surface area contributed by atoms with E-state index in [0.717, 1.165) is 83.4 Å². The van der Waals surface area contributed by atoms with E-state index in [9.17, 15) is 37.2 Å². The Kier molecular flexibility index (Phi) is 14.9. The molecule has 3 aromatic carbocycles. The molecule has 16 nitrogen and oxygen atoms in total. The molecule has 0 saturated carbocycles. The molecule has 8 rings (SSSR count). The van der Waals surface area contributed by atoms with Crippen LogP contribution in [0.1, 0.15) is 110 Å². The molecule has 1 aromatic heterocycles. The summed E-state index contributed by atoms with van der Waals surface area (Å²) in [6.07, 6.45) is 8.37. The number of nitrogens with one attached hydrogen (secondary N) is 2. The number of ketones is 1. The zero-order valence-electron chi connectivity index (χ0n) is 38.5. The van der Waals surface area contributed by atoms with Crippen LogP contribution in [0.25, 0.3) is 22.0 Å². The molecule has 5 amide bonds. The van der Waals surface area contributed by atoms with Crippen LogP contribution in [0.3, 0.4) is 0 Å². The lowest BCUT2D eigenvalue weighted by Gasteiger charge is -2.38. The number of carbonyl (C=O) groups is 6. The van der Waals surface area contributed by atoms with Gasteiger partial charge in [0.1, 0.15) is 22.6 Å². The minimum atomic E-state index is -3.33. The van der Waals surface area contributed by atoms with Crippen molar-refractivity contribution in [1.29, 1.82) is 0 Å². The largest absolute Gasteiger partial charge is 0.483 e. The number of Topliss-reactive ketones (excluding diaryl/α,β-unsaturated/α-hetero) is 1. The summed E-state index contributed by atoms with van der Waals surface area (Å²) in [7, 11) is -3.33. The normalized spacial score (nSPS) is 18.5. The molecule has 1 atom stereocenters. The number of hydrogen-bond acceptors (Lipinski definition) is 11. The average Bonchev–Trinajstić information content (AvgIpc) is 3.81. The first-order valence-corrected chi connectivity index (χ1v) is 25.5. The lowest BCUT2D eigenvalue weighted by atomic mass is 9.91. The van der Waals surface area contributed by atoms with Gasteiger partial charge in [-0.25, -0.2) is 12.7 Å². The maximum absolute atomic E-state index is 13.4. The van der Waals surface area contributed by atoms with E-state index in [0.29, 0.717) is 50.3 Å². The Morgan fingerprint density at radius 1 is 0.912 bits per heavy atom. The van der Waals surface area contributed by atoms with Crippen molar-refractivity contribution < 1.29 is 41.9 Å². The number of nitrogens with two attached hydrogens (primary N) is 1. The molecule has 0 radical (unpaired) electrons. The molecule has 4 N–H and O–H groups in total. The van der Waals surface area contributed by atoms with Crippen molar-refractivity contribution >= 4 is 73.5 Å². The van der Waals surface area contributed by atoms with E-state index in [1.165, 1.54) is 12.1 Å². The molecule has 68 heavy (non-hydrogen) atoms. The Morgan fingerprint density at radius 2 is 1.66 bits per heavy atom. The molecule has 3 fully saturated rings. The minimum absolute atomic E-state index is 0.00516. The fourth-order valence-electron chi connectivity index (χ4n) is 9.77. The van der Waals surface area contributed by atoms with Gasteiger partial charge in [-0.3, -0.25) is 39.0 Å². The Morgan fingerprint density at radius 3 is 2.40 bits per heavy atom. The number of carbonyl (C=O) groups excluding carboxylic acids is 6. The second-order valence-electron chi connectivity index (χ2n) is 18.6. The summed E-state index contributed by atoms with van der Waals surface area (Å²) in [4.78, 5) is 79.8. The van der Waals surface area contributed by atoms with Crippen molar-refractivity contribution in [3.63, 3.8) is 0 Å². The van der Waals surface area contributed by atoms with Crippen LogP contribution >= 0.6 is 12.2 Å². The van der Waals surface area contributed by atoms with Crippen molar-refractivity contribution in [3.05, 3.63) is 89.1 Å². The third-order valence-electron chi connectivity index (χ3n) is 13.7. The maximum Gasteiger partial charge on any atom is 0.266 e. The zero-order chi connectivity index (χ0) is 48.3. The van der Waals surface area contributed by atoms with E-state index >= 15 is 0 Å². The van der Waals surface area contributed by atoms with Crippen LogP contribution in [0.15, 0.2) is 66.9 Å². The SMILES string of the molecule is CC(C)S(=O)(=O)N1CCC(n2cc(-c3cccc(C(N)=S)c3)c3ccc(CCC(=O)C4CN(CCCCCCNC(=O)COc5cccc6c5C(=O)N(C5CCC(=O)NC5=O)C6=O)C4)cc32)CC1. The fourth-order valence-corrected chi connectivity index (χ4v) is 11.2. The molecule has 18 heteroatoms. The molecule has 5 heterocycles. The monoisotopic (exact) mass is 965 g/mol. The topological polar surface area (TPSA) is 211 Å². The van der Waals surface area contributed by atoms with Gasteiger partial charge in [0.05, 0.1) is 16.4 Å². The number of nitrogens with zero attached hydrogens (tertiary/aromatic N) is 4. The van der Waals surface area contributed by atoms with Crippen molar-refractivity contribution in [1.82, 2.24) is 29.3 Å². The van der Waals surface area contributed by atoms with E-state index in [1.807, 2.05) is 18.2 Å². The molecule has 0 bridgehead atoms. The minimum Gasteiger partial charge on any atom is -0.483 e. The standard InChI is InChI=1S/C50H59N7O9S2/c1-31(2)68(64,65)55-23-19-36(20-24-55)56-29-39(33-9-7-10-34(26-33)47(51)67)37-15-13-32(25-41(37)56)14-17-42(58)35-27-54(28-35)22-6-4-3-5-21-52-45(60)30-66-43-12-8-11-38-46(43)50(63)57(49(38)62)40-16-18-44(59)53-48(40)61/h7-13,15,25-26,29,31,35-36,40H,3-6,14,16-24,27-28,30H2,1-2H3,(H2,51,67)(H,52,60)(H,53,59,61). The quantitative estimate of drug-likeness (QED) is 0.0614. The van der Waals surface area contributed by atoms with E-state index < -0.39 is 44.9 Å². The van der Waals surface area contributed by atoms with Gasteiger partial charge < -0.3 is 25.3 Å². The molecule has 0 aliphatic carbocycles. The predicted octanol–water partition coefficient (Wildman–Crippen LogP) is 4.91. The highest BCUT2D eigenvalue weighted by Gasteiger charge is 2.46. The van der Waals surface area contributed by atoms with Crippen LogP contribution < -0.4 is 21.1 Å². The van der Waals surface area contributed by atoms with Gasteiger partial charge in [-0.1, -0.05) is 61.5 Å². The Labute approximate surface area is 401 Å². The van der Waals surface area contributed by atoms with Crippen LogP contribution in [-0.4, -0.2) is 125 Å². The summed E-state index contributed by atoms with van der Waals surface area (Å²) < 4.78 is 35.5. The second kappa shape index (κ2) is 20.8. The number of benzene rings is 3. The van der Waals surface area contributed by atoms with Gasteiger partial charge in [-0.15, -0.1) is 0 Å². The maximum atomic E-state index is 13.4. The van der Waals surface area contributed by atoms with E-state index in [4.69, 9.17) is 22.7 Å². The number of rotatable bonds is 20. The van der Waals surface area contributed by atoms with Crippen LogP contribution in [0.2, 0.25) is 0 Å². The van der Waals surface area contributed by atoms with Crippen molar-refractivity contribution in [3.8, 4) is 16.9 Å². The molecule has 1 unspecified atom stereocenters. The summed E-state index contributed by atoms with van der Waals surface area (Å²) in [5.41, 5.74) is 11.1. The summed E-state index contributed by atoms with van der Waals surface area (Å²) >= 11 is 5.28. The number of thiocarbonyl (C=S) groups is 1. The number of unbranched alkanes of at least 4 members (excludes halogenated alkanes) is 3. The predicted molar refractivity (Wildman–Crippen MR) is 261 cm³/mol. The molecule has 360 valence electrons. The van der Waals surface area contributed by atoms with Gasteiger partial charge in [0, 0.05) is 85.8 Å². The average molecular weight is 966 g/mol. The van der Waals surface area contributed by atoms with Crippen LogP contribution in [0.5, 0.6) is 5.75 Å². The Balaban J connectivity index is 0.753. The van der Waals surface area contributed by atoms with Gasteiger partial charge in [0.2, 0.25) is 21.8 Å². The van der Waals surface area contributed by atoms with Gasteiger partial charge in [0.25, 0.3) is 17.7 Å². The highest BCUT2D eigenvalue weighted by molar-refractivity contribution is 7.89. The summed E-state index contributed by atoms with van der Waals surface area (Å²) in [6.45, 7) is 6.91. The number of ether oxygens (including phenoxy) is 1. The molecular weight excluding hydrogens is 907 g/mol. The Hall–Kier alpha value is -5.82. The van der Waals surface area contributed by atoms with Gasteiger partial charge in [-0.05, 0) is 94.3 Å². The first-order valence-electron chi connectivity index (χ1n) is 23.6. The number of piperidine rings is 2. The number of hydrogen-bond donors (Lipinski definition) is 3. The molecule has 4 aliphatic heterocycles. The van der Waals surface area contributed by atoms with Gasteiger partial charge in [-0.2, -0.15) is 0 Å². The summed E-state index contributed by atoms with van der Waals surface area (Å²) in [5.74, 6) is -2.49. The van der Waals surface area contributed by atoms with Gasteiger partial charge >= 0.3 is 0 Å². The molecule has 4 aromatic rings. The number of fused-ring (bicyclic) bond motifs is 2. The van der Waals surface area contributed by atoms with Crippen LogP contribution in [0.4, 0.5) is 0 Å². The first-order chi connectivity index (χ1) is 32.6. The van der Waals surface area contributed by atoms with Gasteiger partial charge in [0.15, 0.2) is 6.61 Å². The van der Waals surface area contributed by atoms with E-state index in [-0.39, 0.29) is 60.0 Å². The molecular formula is C50H59N7O9S2. The van der Waals surface area contributed by atoms with Crippen molar-refractivity contribution in [2.45, 2.75) is 95.4 Å². The van der Waals surface area contributed by atoms with Crippen molar-refractivity contribution in [2.24, 2.45) is 11.7 Å². The van der Waals surface area contributed by atoms with Crippen LogP contribution in [-0.2, 0) is 35.6 Å². The number of aromatic nitrogens is 1. The Bertz CT molecular complexity index is 2760. The first kappa shape index (κ1) is 48.6. The molecule has 4 aliphatic rings. The lowest BCUT2D eigenvalue weighted by Crippen LogP contribution is -2.54. The highest BCUT2D eigenvalue weighted by Crippen LogP contribution is 2.38. The van der Waals surface area contributed by atoms with Crippen molar-refractivity contribution in [2.75, 3.05) is 45.9 Å². The summed E-state index contributed by atoms with van der Waals surface area (Å²) in [6, 6.07) is 17.9.